The fourth-order valence-corrected chi connectivity index (χ4v) is 4.20. The van der Waals surface area contributed by atoms with Gasteiger partial charge in [-0.1, -0.05) is 24.3 Å². The number of carbonyl (C=O) groups is 1. The molecule has 2 saturated heterocycles. The molecule has 191 valence electrons. The van der Waals surface area contributed by atoms with Crippen LogP contribution in [-0.2, 0) is 35.7 Å². The van der Waals surface area contributed by atoms with Gasteiger partial charge < -0.3 is 27.8 Å². The number of ether oxygens (including phenoxy) is 1. The molecule has 0 spiro atoms. The van der Waals surface area contributed by atoms with E-state index < -0.39 is 60.4 Å². The quantitative estimate of drug-likeness (QED) is 0.342. The third-order valence-corrected chi connectivity index (χ3v) is 6.00. The number of hydrogen-bond acceptors (Lipinski definition) is 2. The molecule has 1 amide bonds. The molecular weight excluding hydrogens is 649 g/mol. The zero-order valence-electron chi connectivity index (χ0n) is 18.9. The largest absolute Gasteiger partial charge is 5.00 e. The van der Waals surface area contributed by atoms with Crippen LogP contribution in [0.15, 0.2) is 36.4 Å². The molecule has 1 radical (unpaired) electrons. The van der Waals surface area contributed by atoms with Gasteiger partial charge in [0.1, 0.15) is 11.9 Å². The zero-order chi connectivity index (χ0) is 24.3. The number of benzene rings is 2. The summed E-state index contributed by atoms with van der Waals surface area (Å²) < 4.78 is 76.3. The van der Waals surface area contributed by atoms with E-state index in [4.69, 9.17) is 10.5 Å². The molecule has 35 heavy (non-hydrogen) atoms. The molecule has 1 unspecified atom stereocenters. The Labute approximate surface area is 214 Å². The molecule has 2 heterocycles. The summed E-state index contributed by atoms with van der Waals surface area (Å²) in [7, 11) is 0. The minimum atomic E-state index is -3.28. The number of nitrogens with zero attached hydrogens (tertiary/aromatic N) is 1. The summed E-state index contributed by atoms with van der Waals surface area (Å²) in [5.74, 6) is -8.28. The first-order valence-corrected chi connectivity index (χ1v) is 10.6. The number of rotatable bonds is 5. The molecule has 5 nitrogen and oxygen atoms in total. The molecule has 0 aliphatic carbocycles. The van der Waals surface area contributed by atoms with Crippen molar-refractivity contribution in [3.05, 3.63) is 72.1 Å². The molecule has 0 saturated carbocycles. The first-order valence-electron chi connectivity index (χ1n) is 10.6. The van der Waals surface area contributed by atoms with Crippen LogP contribution < -0.4 is 0 Å². The molecular formula is C24H27F5N2O3Os+3. The molecule has 0 aromatic heterocycles. The van der Waals surface area contributed by atoms with Crippen LogP contribution in [-0.4, -0.2) is 54.0 Å². The number of amides is 1. The first kappa shape index (κ1) is 31.1. The Morgan fingerprint density at radius 2 is 1.83 bits per heavy atom. The topological polar surface area (TPSA) is 84.8 Å². The van der Waals surface area contributed by atoms with Crippen molar-refractivity contribution >= 4 is 5.91 Å². The molecule has 2 aromatic rings. The van der Waals surface area contributed by atoms with Gasteiger partial charge in [-0.25, -0.2) is 22.0 Å². The van der Waals surface area contributed by atoms with Crippen LogP contribution in [0.2, 0.25) is 0 Å². The van der Waals surface area contributed by atoms with Crippen molar-refractivity contribution in [2.75, 3.05) is 19.7 Å². The van der Waals surface area contributed by atoms with Crippen LogP contribution in [0, 0.1) is 30.3 Å². The van der Waals surface area contributed by atoms with Gasteiger partial charge in [-0.15, -0.1) is 6.54 Å². The monoisotopic (exact) mass is 678 g/mol. The van der Waals surface area contributed by atoms with Crippen LogP contribution in [0.5, 0.6) is 0 Å². The molecule has 11 heteroatoms. The van der Waals surface area contributed by atoms with E-state index in [2.05, 4.69) is 6.92 Å². The molecule has 0 bridgehead atoms. The summed E-state index contributed by atoms with van der Waals surface area (Å²) in [6.45, 7) is 3.90. The Morgan fingerprint density at radius 1 is 1.17 bits per heavy atom. The van der Waals surface area contributed by atoms with E-state index in [1.54, 1.807) is 6.92 Å². The van der Waals surface area contributed by atoms with Gasteiger partial charge >= 0.3 is 19.8 Å². The third kappa shape index (κ3) is 6.26. The number of alkyl halides is 2. The molecule has 2 aromatic carbocycles. The Bertz CT molecular complexity index is 1010. The van der Waals surface area contributed by atoms with Crippen molar-refractivity contribution in [1.29, 1.82) is 0 Å². The van der Waals surface area contributed by atoms with Crippen LogP contribution in [0.25, 0.3) is 16.9 Å². The Morgan fingerprint density at radius 3 is 2.37 bits per heavy atom. The van der Waals surface area contributed by atoms with Crippen LogP contribution in [0.1, 0.15) is 18.9 Å². The summed E-state index contributed by atoms with van der Waals surface area (Å²) in [6, 6.07) is 6.14. The van der Waals surface area contributed by atoms with Gasteiger partial charge in [-0.2, -0.15) is 6.92 Å². The van der Waals surface area contributed by atoms with Crippen molar-refractivity contribution in [2.24, 2.45) is 5.92 Å². The predicted molar refractivity (Wildman–Crippen MR) is 118 cm³/mol. The standard InChI is InChI=1S/C22H20F5N2O2.C2H5.H2O.Os/c23-16-5-4-12(8-17(16)24)14-3-1-2-13(20(14)25)9-18-15(10-28)22(26,27)11-29(18)21(30)19-6-7-31-19;1-2;;/h1-5,8,15,18-19,28H,6-7,9-11H2;1H2,2H3;1H2;/q2*-1;;+5/t15-,18+,19?;;;/m1.../s1. The number of hydrogen-bond donors (Lipinski definition) is 0. The minimum absolute atomic E-state index is 0. The van der Waals surface area contributed by atoms with E-state index in [0.29, 0.717) is 13.0 Å². The molecule has 2 fully saturated rings. The Balaban J connectivity index is 0.00000149. The maximum Gasteiger partial charge on any atom is 5.00 e. The maximum atomic E-state index is 15.3. The van der Waals surface area contributed by atoms with Crippen molar-refractivity contribution in [3.63, 3.8) is 0 Å². The van der Waals surface area contributed by atoms with Gasteiger partial charge in [-0.3, -0.25) is 4.79 Å². The number of nitrogens with one attached hydrogen (secondary N) is 1. The van der Waals surface area contributed by atoms with Gasteiger partial charge in [0, 0.05) is 23.9 Å². The van der Waals surface area contributed by atoms with Gasteiger partial charge in [0.25, 0.3) is 11.8 Å². The minimum Gasteiger partial charge on any atom is -0.677 e. The second-order valence-corrected chi connectivity index (χ2v) is 7.86. The fourth-order valence-electron chi connectivity index (χ4n) is 4.20. The summed E-state index contributed by atoms with van der Waals surface area (Å²) in [6.07, 6.45) is -0.596. The normalized spacial score (nSPS) is 22.2. The van der Waals surface area contributed by atoms with Crippen LogP contribution in [0.3, 0.4) is 0 Å². The summed E-state index contributed by atoms with van der Waals surface area (Å²) >= 11 is 0. The molecule has 2 aliphatic rings. The van der Waals surface area contributed by atoms with Crippen molar-refractivity contribution in [2.45, 2.75) is 37.8 Å². The van der Waals surface area contributed by atoms with Crippen molar-refractivity contribution < 1.29 is 56.8 Å². The maximum absolute atomic E-state index is 15.3. The van der Waals surface area contributed by atoms with Crippen LogP contribution in [0.4, 0.5) is 22.0 Å². The van der Waals surface area contributed by atoms with E-state index in [9.17, 15) is 22.4 Å². The van der Waals surface area contributed by atoms with Gasteiger partial charge in [0.15, 0.2) is 11.6 Å². The Hall–Kier alpha value is -1.92. The number of carbonyl (C=O) groups excluding carboxylic acids is 1. The predicted octanol–water partition coefficient (Wildman–Crippen LogP) is 4.63. The number of likely N-dealkylation sites (tertiary alicyclic amines) is 1. The van der Waals surface area contributed by atoms with Gasteiger partial charge in [0.2, 0.25) is 0 Å². The van der Waals surface area contributed by atoms with Gasteiger partial charge in [-0.05, 0) is 29.7 Å². The second kappa shape index (κ2) is 12.9. The molecule has 3 atom stereocenters. The van der Waals surface area contributed by atoms with E-state index >= 15 is 4.39 Å². The summed E-state index contributed by atoms with van der Waals surface area (Å²) in [4.78, 5) is 13.7. The molecule has 3 N–H and O–H groups in total. The Kier molecular flexibility index (Phi) is 11.4. The summed E-state index contributed by atoms with van der Waals surface area (Å²) in [5, 5.41) is 0. The van der Waals surface area contributed by atoms with Crippen molar-refractivity contribution in [3.8, 4) is 11.1 Å². The average molecular weight is 677 g/mol. The summed E-state index contributed by atoms with van der Waals surface area (Å²) in [5.41, 5.74) is 7.74. The molecule has 2 aliphatic heterocycles. The molecule has 4 rings (SSSR count). The zero-order valence-corrected chi connectivity index (χ0v) is 21.5. The van der Waals surface area contributed by atoms with E-state index in [-0.39, 0.29) is 48.4 Å². The third-order valence-electron chi connectivity index (χ3n) is 6.00. The van der Waals surface area contributed by atoms with Crippen LogP contribution >= 0.6 is 0 Å². The average Bonchev–Trinajstić information content (AvgIpc) is 3.01. The smallest absolute Gasteiger partial charge is 0.677 e. The van der Waals surface area contributed by atoms with Gasteiger partial charge in [0.05, 0.1) is 13.2 Å². The van der Waals surface area contributed by atoms with E-state index in [1.165, 1.54) is 24.3 Å². The fraction of sp³-hybridized carbons (Fsp3) is 0.417. The SMILES string of the molecule is O.[CH2-]C.[NH-]C[C@@H]1[C@H](Cc2cccc(-c3ccc(F)c(F)c3)c2F)N(C(=O)C2CCO2)CC1(F)F.[Os+5]. The van der Waals surface area contributed by atoms with Crippen molar-refractivity contribution in [1.82, 2.24) is 4.90 Å². The second-order valence-electron chi connectivity index (χ2n) is 7.86. The number of halogens is 5. The first-order chi connectivity index (χ1) is 15.7. The van der Waals surface area contributed by atoms with E-state index in [1.807, 2.05) is 0 Å². The van der Waals surface area contributed by atoms with E-state index in [0.717, 1.165) is 17.0 Å².